The molecule has 0 amide bonds. The molecule has 0 aromatic rings. The van der Waals surface area contributed by atoms with Gasteiger partial charge >= 0.3 is 0 Å². The van der Waals surface area contributed by atoms with Gasteiger partial charge in [0.25, 0.3) is 0 Å². The molecular weight excluding hydrogens is 162 g/mol. The molecule has 0 aliphatic carbocycles. The standard InChI is InChI=1S/C11H23NO/c1-10(2)4-5-12-6-7-13-9-11(3)8-12/h10-11H,4-9H2,1-3H3. The highest BCUT2D eigenvalue weighted by Gasteiger charge is 2.14. The SMILES string of the molecule is CC(C)CCN1CCOCC(C)C1. The molecule has 13 heavy (non-hydrogen) atoms. The Morgan fingerprint density at radius 2 is 2.23 bits per heavy atom. The van der Waals surface area contributed by atoms with Gasteiger partial charge in [-0.25, -0.2) is 0 Å². The second-order valence-electron chi connectivity index (χ2n) is 4.66. The maximum absolute atomic E-state index is 5.50. The Bertz CT molecular complexity index is 136. The van der Waals surface area contributed by atoms with E-state index in [1.165, 1.54) is 19.5 Å². The van der Waals surface area contributed by atoms with Crippen LogP contribution in [-0.4, -0.2) is 37.7 Å². The van der Waals surface area contributed by atoms with E-state index in [-0.39, 0.29) is 0 Å². The minimum absolute atomic E-state index is 0.703. The summed E-state index contributed by atoms with van der Waals surface area (Å²) >= 11 is 0. The van der Waals surface area contributed by atoms with E-state index in [0.29, 0.717) is 5.92 Å². The maximum Gasteiger partial charge on any atom is 0.0593 e. The van der Waals surface area contributed by atoms with Crippen LogP contribution in [0.5, 0.6) is 0 Å². The number of ether oxygens (including phenoxy) is 1. The zero-order valence-corrected chi connectivity index (χ0v) is 9.25. The summed E-state index contributed by atoms with van der Waals surface area (Å²) in [6.07, 6.45) is 1.31. The van der Waals surface area contributed by atoms with Gasteiger partial charge in [-0.05, 0) is 24.8 Å². The Kier molecular flexibility index (Phi) is 4.74. The fourth-order valence-corrected chi connectivity index (χ4v) is 1.71. The van der Waals surface area contributed by atoms with Crippen LogP contribution < -0.4 is 0 Å². The highest BCUT2D eigenvalue weighted by atomic mass is 16.5. The van der Waals surface area contributed by atoms with Gasteiger partial charge in [0.1, 0.15) is 0 Å². The number of nitrogens with zero attached hydrogens (tertiary/aromatic N) is 1. The lowest BCUT2D eigenvalue weighted by molar-refractivity contribution is 0.126. The second-order valence-corrected chi connectivity index (χ2v) is 4.66. The van der Waals surface area contributed by atoms with Crippen LogP contribution in [0.1, 0.15) is 27.2 Å². The predicted molar refractivity (Wildman–Crippen MR) is 55.9 cm³/mol. The molecule has 1 saturated heterocycles. The van der Waals surface area contributed by atoms with Gasteiger partial charge < -0.3 is 9.64 Å². The van der Waals surface area contributed by atoms with E-state index >= 15 is 0 Å². The van der Waals surface area contributed by atoms with Crippen molar-refractivity contribution in [3.63, 3.8) is 0 Å². The highest BCUT2D eigenvalue weighted by molar-refractivity contribution is 4.66. The Balaban J connectivity index is 2.22. The first-order valence-corrected chi connectivity index (χ1v) is 5.48. The van der Waals surface area contributed by atoms with Crippen LogP contribution >= 0.6 is 0 Å². The van der Waals surface area contributed by atoms with Gasteiger partial charge in [-0.2, -0.15) is 0 Å². The molecule has 1 fully saturated rings. The molecule has 0 saturated carbocycles. The minimum Gasteiger partial charge on any atom is -0.380 e. The topological polar surface area (TPSA) is 12.5 Å². The average molecular weight is 185 g/mol. The zero-order valence-electron chi connectivity index (χ0n) is 9.25. The summed E-state index contributed by atoms with van der Waals surface area (Å²) in [5.74, 6) is 1.52. The summed E-state index contributed by atoms with van der Waals surface area (Å²) in [5.41, 5.74) is 0. The van der Waals surface area contributed by atoms with Crippen molar-refractivity contribution in [3.8, 4) is 0 Å². The van der Waals surface area contributed by atoms with Crippen LogP contribution in [-0.2, 0) is 4.74 Å². The fourth-order valence-electron chi connectivity index (χ4n) is 1.71. The molecule has 1 unspecified atom stereocenters. The Morgan fingerprint density at radius 1 is 1.46 bits per heavy atom. The largest absolute Gasteiger partial charge is 0.380 e. The zero-order chi connectivity index (χ0) is 9.68. The molecule has 1 heterocycles. The molecule has 0 radical (unpaired) electrons. The van der Waals surface area contributed by atoms with Gasteiger partial charge in [-0.3, -0.25) is 0 Å². The molecule has 0 aromatic heterocycles. The van der Waals surface area contributed by atoms with Gasteiger partial charge in [0.15, 0.2) is 0 Å². The van der Waals surface area contributed by atoms with Gasteiger partial charge in [0.05, 0.1) is 13.2 Å². The Labute approximate surface area is 82.3 Å². The summed E-state index contributed by atoms with van der Waals surface area (Å²) in [4.78, 5) is 2.54. The first-order chi connectivity index (χ1) is 6.18. The van der Waals surface area contributed by atoms with Gasteiger partial charge in [0, 0.05) is 13.1 Å². The molecule has 0 aromatic carbocycles. The van der Waals surface area contributed by atoms with E-state index in [4.69, 9.17) is 4.74 Å². The molecule has 0 bridgehead atoms. The fraction of sp³-hybridized carbons (Fsp3) is 1.00. The van der Waals surface area contributed by atoms with Crippen molar-refractivity contribution in [3.05, 3.63) is 0 Å². The van der Waals surface area contributed by atoms with E-state index in [1.807, 2.05) is 0 Å². The third-order valence-electron chi connectivity index (χ3n) is 2.55. The van der Waals surface area contributed by atoms with Crippen molar-refractivity contribution in [2.24, 2.45) is 11.8 Å². The number of hydrogen-bond acceptors (Lipinski definition) is 2. The molecule has 1 rings (SSSR count). The van der Waals surface area contributed by atoms with Crippen LogP contribution in [0, 0.1) is 11.8 Å². The van der Waals surface area contributed by atoms with Crippen LogP contribution in [0.3, 0.4) is 0 Å². The van der Waals surface area contributed by atoms with E-state index in [0.717, 1.165) is 25.7 Å². The van der Waals surface area contributed by atoms with E-state index in [1.54, 1.807) is 0 Å². The maximum atomic E-state index is 5.50. The lowest BCUT2D eigenvalue weighted by atomic mass is 10.1. The first-order valence-electron chi connectivity index (χ1n) is 5.48. The molecule has 1 aliphatic rings. The smallest absolute Gasteiger partial charge is 0.0593 e. The number of rotatable bonds is 3. The quantitative estimate of drug-likeness (QED) is 0.667. The lowest BCUT2D eigenvalue weighted by Crippen LogP contribution is -2.30. The van der Waals surface area contributed by atoms with E-state index < -0.39 is 0 Å². The monoisotopic (exact) mass is 185 g/mol. The van der Waals surface area contributed by atoms with Crippen LogP contribution in [0.25, 0.3) is 0 Å². The summed E-state index contributed by atoms with van der Waals surface area (Å²) in [7, 11) is 0. The van der Waals surface area contributed by atoms with Crippen molar-refractivity contribution < 1.29 is 4.74 Å². The summed E-state index contributed by atoms with van der Waals surface area (Å²) in [5, 5.41) is 0. The molecule has 1 aliphatic heterocycles. The third kappa shape index (κ3) is 4.63. The normalized spacial score (nSPS) is 26.3. The first kappa shape index (κ1) is 11.0. The van der Waals surface area contributed by atoms with Gasteiger partial charge in [-0.15, -0.1) is 0 Å². The molecule has 2 nitrogen and oxygen atoms in total. The van der Waals surface area contributed by atoms with Crippen LogP contribution in [0.15, 0.2) is 0 Å². The van der Waals surface area contributed by atoms with Gasteiger partial charge in [0.2, 0.25) is 0 Å². The molecule has 0 spiro atoms. The summed E-state index contributed by atoms with van der Waals surface area (Å²) in [6.45, 7) is 12.3. The van der Waals surface area contributed by atoms with Crippen molar-refractivity contribution in [2.75, 3.05) is 32.8 Å². The third-order valence-corrected chi connectivity index (χ3v) is 2.55. The average Bonchev–Trinajstić information content (AvgIpc) is 2.26. The van der Waals surface area contributed by atoms with Crippen LogP contribution in [0.4, 0.5) is 0 Å². The molecule has 1 atom stereocenters. The van der Waals surface area contributed by atoms with E-state index in [9.17, 15) is 0 Å². The highest BCUT2D eigenvalue weighted by Crippen LogP contribution is 2.08. The minimum atomic E-state index is 0.703. The van der Waals surface area contributed by atoms with Crippen molar-refractivity contribution in [1.82, 2.24) is 4.90 Å². The molecule has 2 heteroatoms. The Hall–Kier alpha value is -0.0800. The molecule has 0 N–H and O–H groups in total. The molecular formula is C11H23NO. The van der Waals surface area contributed by atoms with Gasteiger partial charge in [-0.1, -0.05) is 20.8 Å². The predicted octanol–water partition coefficient (Wildman–Crippen LogP) is 2.00. The van der Waals surface area contributed by atoms with Crippen LogP contribution in [0.2, 0.25) is 0 Å². The lowest BCUT2D eigenvalue weighted by Gasteiger charge is -2.22. The van der Waals surface area contributed by atoms with Crippen molar-refractivity contribution in [2.45, 2.75) is 27.2 Å². The summed E-state index contributed by atoms with van der Waals surface area (Å²) < 4.78 is 5.50. The number of hydrogen-bond donors (Lipinski definition) is 0. The van der Waals surface area contributed by atoms with Crippen molar-refractivity contribution in [1.29, 1.82) is 0 Å². The summed E-state index contributed by atoms with van der Waals surface area (Å²) in [6, 6.07) is 0. The second kappa shape index (κ2) is 5.61. The van der Waals surface area contributed by atoms with Crippen molar-refractivity contribution >= 4 is 0 Å². The van der Waals surface area contributed by atoms with E-state index in [2.05, 4.69) is 25.7 Å². The molecule has 78 valence electrons. The Morgan fingerprint density at radius 3 is 2.92 bits per heavy atom.